The summed E-state index contributed by atoms with van der Waals surface area (Å²) in [4.78, 5) is 17.0. The Hall–Kier alpha value is -2.82. The number of hydrogen-bond acceptors (Lipinski definition) is 5. The number of rotatable bonds is 5. The average Bonchev–Trinajstić information content (AvgIpc) is 2.66. The van der Waals surface area contributed by atoms with Gasteiger partial charge in [-0.3, -0.25) is 4.99 Å². The SMILES string of the molecule is CCOC(=O)c1ccccc1C1=NCCc2cc(OC)c(OC)cc21. The molecule has 2 aromatic carbocycles. The van der Waals surface area contributed by atoms with E-state index < -0.39 is 0 Å². The van der Waals surface area contributed by atoms with Gasteiger partial charge < -0.3 is 14.2 Å². The van der Waals surface area contributed by atoms with Crippen molar-refractivity contribution in [2.45, 2.75) is 13.3 Å². The van der Waals surface area contributed by atoms with Crippen molar-refractivity contribution in [2.24, 2.45) is 4.99 Å². The van der Waals surface area contributed by atoms with E-state index in [0.717, 1.165) is 28.8 Å². The zero-order valence-corrected chi connectivity index (χ0v) is 14.7. The summed E-state index contributed by atoms with van der Waals surface area (Å²) in [7, 11) is 3.23. The Morgan fingerprint density at radius 3 is 2.52 bits per heavy atom. The standard InChI is InChI=1S/C20H21NO4/c1-4-25-20(22)15-8-6-5-7-14(15)19-16-12-18(24-3)17(23-2)11-13(16)9-10-21-19/h5-8,11-12H,4,9-10H2,1-3H3. The third kappa shape index (κ3) is 3.22. The minimum atomic E-state index is -0.339. The summed E-state index contributed by atoms with van der Waals surface area (Å²) in [5.41, 5.74) is 4.16. The van der Waals surface area contributed by atoms with Crippen LogP contribution in [0.5, 0.6) is 11.5 Å². The van der Waals surface area contributed by atoms with Crippen LogP contribution in [-0.4, -0.2) is 39.1 Å². The van der Waals surface area contributed by atoms with Crippen molar-refractivity contribution in [3.63, 3.8) is 0 Å². The van der Waals surface area contributed by atoms with Crippen LogP contribution in [0.1, 0.15) is 34.0 Å². The van der Waals surface area contributed by atoms with Gasteiger partial charge in [0.25, 0.3) is 0 Å². The molecule has 0 spiro atoms. The Labute approximate surface area is 147 Å². The molecule has 0 bridgehead atoms. The number of aliphatic imine (C=N–C) groups is 1. The summed E-state index contributed by atoms with van der Waals surface area (Å²) in [6.45, 7) is 2.79. The number of carbonyl (C=O) groups is 1. The van der Waals surface area contributed by atoms with Gasteiger partial charge in [0.15, 0.2) is 11.5 Å². The van der Waals surface area contributed by atoms with Gasteiger partial charge in [-0.15, -0.1) is 0 Å². The Kier molecular flexibility index (Phi) is 5.03. The molecule has 1 heterocycles. The monoisotopic (exact) mass is 339 g/mol. The van der Waals surface area contributed by atoms with Crippen LogP contribution in [0.2, 0.25) is 0 Å². The molecular weight excluding hydrogens is 318 g/mol. The molecule has 0 atom stereocenters. The molecule has 1 aliphatic rings. The maximum Gasteiger partial charge on any atom is 0.338 e. The van der Waals surface area contributed by atoms with Gasteiger partial charge in [-0.2, -0.15) is 0 Å². The van der Waals surface area contributed by atoms with Crippen LogP contribution in [0.25, 0.3) is 0 Å². The number of ether oxygens (including phenoxy) is 3. The van der Waals surface area contributed by atoms with Gasteiger partial charge in [0.2, 0.25) is 0 Å². The molecule has 0 radical (unpaired) electrons. The van der Waals surface area contributed by atoms with E-state index in [9.17, 15) is 4.79 Å². The number of nitrogens with zero attached hydrogens (tertiary/aromatic N) is 1. The predicted octanol–water partition coefficient (Wildman–Crippen LogP) is 3.27. The number of benzene rings is 2. The average molecular weight is 339 g/mol. The van der Waals surface area contributed by atoms with E-state index in [4.69, 9.17) is 14.2 Å². The first-order valence-corrected chi connectivity index (χ1v) is 8.25. The van der Waals surface area contributed by atoms with E-state index >= 15 is 0 Å². The van der Waals surface area contributed by atoms with E-state index in [2.05, 4.69) is 4.99 Å². The minimum Gasteiger partial charge on any atom is -0.493 e. The molecule has 0 aromatic heterocycles. The molecule has 5 heteroatoms. The highest BCUT2D eigenvalue weighted by Gasteiger charge is 2.23. The zero-order valence-electron chi connectivity index (χ0n) is 14.7. The number of fused-ring (bicyclic) bond motifs is 1. The van der Waals surface area contributed by atoms with E-state index in [1.165, 1.54) is 0 Å². The molecule has 0 unspecified atom stereocenters. The normalized spacial score (nSPS) is 12.8. The second-order valence-electron chi connectivity index (χ2n) is 5.61. The lowest BCUT2D eigenvalue weighted by Gasteiger charge is -2.21. The van der Waals surface area contributed by atoms with Crippen molar-refractivity contribution in [3.8, 4) is 11.5 Å². The summed E-state index contributed by atoms with van der Waals surface area (Å²) in [5.74, 6) is 0.999. The highest BCUT2D eigenvalue weighted by atomic mass is 16.5. The van der Waals surface area contributed by atoms with Crippen molar-refractivity contribution in [2.75, 3.05) is 27.4 Å². The predicted molar refractivity (Wildman–Crippen MR) is 96.2 cm³/mol. The van der Waals surface area contributed by atoms with Crippen LogP contribution < -0.4 is 9.47 Å². The molecule has 0 fully saturated rings. The van der Waals surface area contributed by atoms with Crippen molar-refractivity contribution in [3.05, 3.63) is 58.7 Å². The molecule has 5 nitrogen and oxygen atoms in total. The second kappa shape index (κ2) is 7.38. The number of esters is 1. The van der Waals surface area contributed by atoms with Gasteiger partial charge in [0, 0.05) is 17.7 Å². The Balaban J connectivity index is 2.13. The number of hydrogen-bond donors (Lipinski definition) is 0. The lowest BCUT2D eigenvalue weighted by Crippen LogP contribution is -2.18. The second-order valence-corrected chi connectivity index (χ2v) is 5.61. The molecule has 0 saturated carbocycles. The van der Waals surface area contributed by atoms with E-state index in [1.54, 1.807) is 27.2 Å². The molecule has 0 saturated heterocycles. The summed E-state index contributed by atoms with van der Waals surface area (Å²) in [6.07, 6.45) is 0.820. The van der Waals surface area contributed by atoms with Crippen molar-refractivity contribution in [1.82, 2.24) is 0 Å². The molecular formula is C20H21NO4. The summed E-state index contributed by atoms with van der Waals surface area (Å²) >= 11 is 0. The lowest BCUT2D eigenvalue weighted by atomic mass is 9.90. The van der Waals surface area contributed by atoms with Crippen molar-refractivity contribution in [1.29, 1.82) is 0 Å². The zero-order chi connectivity index (χ0) is 17.8. The van der Waals surface area contributed by atoms with Gasteiger partial charge in [0.05, 0.1) is 32.1 Å². The molecule has 3 rings (SSSR count). The summed E-state index contributed by atoms with van der Waals surface area (Å²) in [6, 6.07) is 11.3. The smallest absolute Gasteiger partial charge is 0.338 e. The number of methoxy groups -OCH3 is 2. The van der Waals surface area contributed by atoms with Crippen molar-refractivity contribution >= 4 is 11.7 Å². The topological polar surface area (TPSA) is 57.1 Å². The maximum atomic E-state index is 12.3. The largest absolute Gasteiger partial charge is 0.493 e. The first-order valence-electron chi connectivity index (χ1n) is 8.25. The molecule has 0 aliphatic carbocycles. The number of carbonyl (C=O) groups excluding carboxylic acids is 1. The fourth-order valence-corrected chi connectivity index (χ4v) is 3.03. The van der Waals surface area contributed by atoms with E-state index in [0.29, 0.717) is 30.2 Å². The molecule has 130 valence electrons. The maximum absolute atomic E-state index is 12.3. The van der Waals surface area contributed by atoms with Gasteiger partial charge >= 0.3 is 5.97 Å². The Morgan fingerprint density at radius 1 is 1.08 bits per heavy atom. The Bertz CT molecular complexity index is 826. The minimum absolute atomic E-state index is 0.335. The molecule has 0 amide bonds. The molecule has 1 aliphatic heterocycles. The third-order valence-corrected chi connectivity index (χ3v) is 4.19. The quantitative estimate of drug-likeness (QED) is 0.785. The first kappa shape index (κ1) is 17.0. The fraction of sp³-hybridized carbons (Fsp3) is 0.300. The van der Waals surface area contributed by atoms with E-state index in [-0.39, 0.29) is 5.97 Å². The molecule has 0 N–H and O–H groups in total. The van der Waals surface area contributed by atoms with Crippen LogP contribution in [-0.2, 0) is 11.2 Å². The van der Waals surface area contributed by atoms with Crippen LogP contribution in [0.3, 0.4) is 0 Å². The van der Waals surface area contributed by atoms with Gasteiger partial charge in [-0.05, 0) is 37.1 Å². The van der Waals surface area contributed by atoms with Crippen LogP contribution in [0, 0.1) is 0 Å². The molecule has 25 heavy (non-hydrogen) atoms. The summed E-state index contributed by atoms with van der Waals surface area (Å²) < 4.78 is 16.0. The van der Waals surface area contributed by atoms with Gasteiger partial charge in [-0.25, -0.2) is 4.79 Å². The van der Waals surface area contributed by atoms with Crippen LogP contribution in [0.15, 0.2) is 41.4 Å². The highest BCUT2D eigenvalue weighted by Crippen LogP contribution is 2.34. The van der Waals surface area contributed by atoms with Gasteiger partial charge in [0.1, 0.15) is 0 Å². The summed E-state index contributed by atoms with van der Waals surface area (Å²) in [5, 5.41) is 0. The van der Waals surface area contributed by atoms with Gasteiger partial charge in [-0.1, -0.05) is 18.2 Å². The first-order chi connectivity index (χ1) is 12.2. The van der Waals surface area contributed by atoms with E-state index in [1.807, 2.05) is 30.3 Å². The molecule has 2 aromatic rings. The fourth-order valence-electron chi connectivity index (χ4n) is 3.03. The Morgan fingerprint density at radius 2 is 1.80 bits per heavy atom. The lowest BCUT2D eigenvalue weighted by molar-refractivity contribution is 0.0526. The highest BCUT2D eigenvalue weighted by molar-refractivity contribution is 6.18. The third-order valence-electron chi connectivity index (χ3n) is 4.19. The van der Waals surface area contributed by atoms with Crippen molar-refractivity contribution < 1.29 is 19.0 Å². The van der Waals surface area contributed by atoms with Crippen LogP contribution in [0.4, 0.5) is 0 Å². The van der Waals surface area contributed by atoms with Crippen LogP contribution >= 0.6 is 0 Å².